The molecular weight excluding hydrogens is 944 g/mol. The molecule has 1 amide bonds. The lowest BCUT2D eigenvalue weighted by atomic mass is 9.98. The SMILES string of the molecule is C=CC(=O)N1CCN(c2nc(OCCN3CCC(N4CCN(Cc5ccc(-n6c(O)nnc6-c6cc(C(C)C)c(O)cc6O)cc5)CC4)CC3)nc3c2CCN(c2cccc4cccc(Cl)c24)C3)C[C@@H]1CC#N. The summed E-state index contributed by atoms with van der Waals surface area (Å²) in [5, 5.41) is 52.5. The molecule has 73 heavy (non-hydrogen) atoms. The predicted molar refractivity (Wildman–Crippen MR) is 282 cm³/mol. The fraction of sp³-hybridized carbons (Fsp3) is 0.418. The number of nitriles is 1. The molecule has 18 heteroatoms. The van der Waals surface area contributed by atoms with Crippen LogP contribution in [0.15, 0.2) is 85.5 Å². The number of nitrogens with zero attached hydrogens (tertiary/aromatic N) is 12. The number of halogens is 1. The molecule has 6 aromatic rings. The fourth-order valence-electron chi connectivity index (χ4n) is 11.2. The number of phenolic OH excluding ortho intramolecular Hbond substituents is 2. The van der Waals surface area contributed by atoms with Gasteiger partial charge in [-0.2, -0.15) is 15.2 Å². The summed E-state index contributed by atoms with van der Waals surface area (Å²) in [5.74, 6) is 0.806. The highest BCUT2D eigenvalue weighted by Crippen LogP contribution is 2.40. The first kappa shape index (κ1) is 49.6. The molecule has 0 aliphatic carbocycles. The third-order valence-electron chi connectivity index (χ3n) is 15.1. The Kier molecular flexibility index (Phi) is 14.7. The average molecular weight is 1010 g/mol. The summed E-state index contributed by atoms with van der Waals surface area (Å²) in [6.07, 6.45) is 4.45. The smallest absolute Gasteiger partial charge is 0.319 e. The number of hydrogen-bond donors (Lipinski definition) is 3. The molecule has 0 radical (unpaired) electrons. The number of aromatic nitrogens is 5. The van der Waals surface area contributed by atoms with Crippen LogP contribution in [-0.2, 0) is 24.3 Å². The van der Waals surface area contributed by atoms with E-state index in [4.69, 9.17) is 26.3 Å². The highest BCUT2D eigenvalue weighted by atomic mass is 35.5. The van der Waals surface area contributed by atoms with Crippen molar-refractivity contribution >= 4 is 39.8 Å². The number of carbonyl (C=O) groups excluding carboxylic acids is 1. The van der Waals surface area contributed by atoms with Gasteiger partial charge in [0.2, 0.25) is 5.91 Å². The maximum atomic E-state index is 12.8. The average Bonchev–Trinajstić information content (AvgIpc) is 3.79. The predicted octanol–water partition coefficient (Wildman–Crippen LogP) is 7.11. The number of piperidine rings is 1. The van der Waals surface area contributed by atoms with Gasteiger partial charge in [-0.1, -0.05) is 73.5 Å². The van der Waals surface area contributed by atoms with Gasteiger partial charge in [-0.15, -0.1) is 5.10 Å². The standard InChI is InChI=1S/C55H63ClN12O5/c1-4-50(71)67-28-27-66(34-41(67)15-19-57)52-42-18-22-65(47-10-6-8-38-7-5-9-45(56)51(38)47)35-46(42)58-54(59-52)73-30-29-62-20-16-39(17-21-62)64-25-23-63(24-26-64)33-37-11-13-40(14-12-37)68-53(60-61-55(68)72)44-31-43(36(2)3)48(69)32-49(44)70/h4-14,31-32,36,39,41,69-70H,1,15-18,20-30,33-35H2,2-3H3,(H,61,72)/t41-/m0/s1. The molecule has 1 atom stereocenters. The third kappa shape index (κ3) is 10.5. The molecule has 2 aromatic heterocycles. The van der Waals surface area contributed by atoms with Crippen LogP contribution in [0.25, 0.3) is 27.8 Å². The molecule has 3 saturated heterocycles. The molecule has 0 saturated carbocycles. The number of carbonyl (C=O) groups is 1. The van der Waals surface area contributed by atoms with E-state index in [1.165, 1.54) is 16.7 Å². The van der Waals surface area contributed by atoms with Crippen LogP contribution in [0.3, 0.4) is 0 Å². The lowest BCUT2D eigenvalue weighted by molar-refractivity contribution is -0.128. The number of phenols is 2. The van der Waals surface area contributed by atoms with Gasteiger partial charge < -0.3 is 34.8 Å². The van der Waals surface area contributed by atoms with Crippen LogP contribution in [-0.4, -0.2) is 156 Å². The minimum Gasteiger partial charge on any atom is -0.508 e. The lowest BCUT2D eigenvalue weighted by Gasteiger charge is -2.43. The molecule has 380 valence electrons. The maximum absolute atomic E-state index is 12.8. The van der Waals surface area contributed by atoms with E-state index in [2.05, 4.69) is 83.7 Å². The number of anilines is 2. The summed E-state index contributed by atoms with van der Waals surface area (Å²) in [4.78, 5) is 36.8. The number of hydrogen-bond acceptors (Lipinski definition) is 15. The first-order valence-corrected chi connectivity index (χ1v) is 25.8. The minimum absolute atomic E-state index is 0.00715. The zero-order chi connectivity index (χ0) is 50.8. The van der Waals surface area contributed by atoms with Gasteiger partial charge in [0.1, 0.15) is 23.9 Å². The number of rotatable bonds is 14. The van der Waals surface area contributed by atoms with E-state index in [1.54, 1.807) is 11.0 Å². The van der Waals surface area contributed by atoms with Gasteiger partial charge >= 0.3 is 12.0 Å². The second-order valence-corrected chi connectivity index (χ2v) is 20.3. The van der Waals surface area contributed by atoms with Gasteiger partial charge in [0.05, 0.1) is 47.0 Å². The summed E-state index contributed by atoms with van der Waals surface area (Å²) < 4.78 is 7.96. The zero-order valence-corrected chi connectivity index (χ0v) is 42.3. The van der Waals surface area contributed by atoms with E-state index >= 15 is 0 Å². The van der Waals surface area contributed by atoms with Crippen molar-refractivity contribution < 1.29 is 24.9 Å². The normalized spacial score (nSPS) is 18.3. The molecule has 4 aromatic carbocycles. The number of fused-ring (bicyclic) bond motifs is 2. The summed E-state index contributed by atoms with van der Waals surface area (Å²) >= 11 is 6.80. The second kappa shape index (κ2) is 21.6. The van der Waals surface area contributed by atoms with Crippen LogP contribution in [0.2, 0.25) is 5.02 Å². The van der Waals surface area contributed by atoms with Crippen molar-refractivity contribution in [2.24, 2.45) is 0 Å². The van der Waals surface area contributed by atoms with Crippen LogP contribution in [0.5, 0.6) is 23.5 Å². The first-order chi connectivity index (χ1) is 35.5. The summed E-state index contributed by atoms with van der Waals surface area (Å²) in [7, 11) is 0. The topological polar surface area (TPSA) is 187 Å². The highest BCUT2D eigenvalue weighted by Gasteiger charge is 2.34. The number of benzene rings is 4. The Balaban J connectivity index is 0.739. The molecule has 4 aliphatic rings. The van der Waals surface area contributed by atoms with Crippen molar-refractivity contribution in [2.75, 3.05) is 88.4 Å². The van der Waals surface area contributed by atoms with Gasteiger partial charge in [-0.25, -0.2) is 4.57 Å². The van der Waals surface area contributed by atoms with E-state index in [1.807, 2.05) is 38.1 Å². The molecule has 0 unspecified atom stereocenters. The Labute approximate surface area is 431 Å². The monoisotopic (exact) mass is 1010 g/mol. The van der Waals surface area contributed by atoms with Crippen LogP contribution >= 0.6 is 11.6 Å². The maximum Gasteiger partial charge on any atom is 0.319 e. The molecule has 0 spiro atoms. The molecule has 3 N–H and O–H groups in total. The second-order valence-electron chi connectivity index (χ2n) is 19.9. The van der Waals surface area contributed by atoms with E-state index in [0.717, 1.165) is 117 Å². The Morgan fingerprint density at radius 1 is 0.890 bits per heavy atom. The van der Waals surface area contributed by atoms with Crippen molar-refractivity contribution in [3.8, 4) is 46.7 Å². The van der Waals surface area contributed by atoms with Crippen molar-refractivity contribution in [1.29, 1.82) is 5.26 Å². The lowest BCUT2D eigenvalue weighted by Crippen LogP contribution is -2.55. The van der Waals surface area contributed by atoms with Crippen molar-refractivity contribution in [2.45, 2.75) is 70.6 Å². The van der Waals surface area contributed by atoms with E-state index in [-0.39, 0.29) is 47.6 Å². The summed E-state index contributed by atoms with van der Waals surface area (Å²) in [6, 6.07) is 25.8. The van der Waals surface area contributed by atoms with Crippen molar-refractivity contribution in [3.05, 3.63) is 113 Å². The molecule has 10 rings (SSSR count). The molecule has 17 nitrogen and oxygen atoms in total. The van der Waals surface area contributed by atoms with Gasteiger partial charge in [-0.3, -0.25) is 19.5 Å². The minimum atomic E-state index is -0.290. The molecular formula is C55H63ClN12O5. The van der Waals surface area contributed by atoms with Crippen LogP contribution in [0.1, 0.15) is 61.4 Å². The van der Waals surface area contributed by atoms with E-state index in [0.29, 0.717) is 66.7 Å². The Morgan fingerprint density at radius 2 is 1.66 bits per heavy atom. The van der Waals surface area contributed by atoms with Crippen LogP contribution in [0, 0.1) is 11.3 Å². The van der Waals surface area contributed by atoms with Gasteiger partial charge in [0.25, 0.3) is 0 Å². The highest BCUT2D eigenvalue weighted by molar-refractivity contribution is 6.36. The van der Waals surface area contributed by atoms with E-state index in [9.17, 15) is 25.4 Å². The largest absolute Gasteiger partial charge is 0.508 e. The Hall–Kier alpha value is -6.97. The van der Waals surface area contributed by atoms with Crippen LogP contribution < -0.4 is 14.5 Å². The molecule has 6 heterocycles. The third-order valence-corrected chi connectivity index (χ3v) is 15.5. The van der Waals surface area contributed by atoms with Gasteiger partial charge in [0.15, 0.2) is 5.82 Å². The molecule has 4 aliphatic heterocycles. The summed E-state index contributed by atoms with van der Waals surface area (Å²) in [5.41, 5.74) is 5.90. The van der Waals surface area contributed by atoms with Crippen LogP contribution in [0.4, 0.5) is 11.5 Å². The Bertz CT molecular complexity index is 3010. The molecule has 0 bridgehead atoms. The number of amides is 1. The quantitative estimate of drug-likeness (QED) is 0.0937. The van der Waals surface area contributed by atoms with E-state index < -0.39 is 0 Å². The fourth-order valence-corrected chi connectivity index (χ4v) is 11.5. The number of aromatic hydroxyl groups is 3. The van der Waals surface area contributed by atoms with Crippen molar-refractivity contribution in [3.63, 3.8) is 0 Å². The number of ether oxygens (including phenoxy) is 1. The summed E-state index contributed by atoms with van der Waals surface area (Å²) in [6.45, 7) is 18.4. The molecule has 3 fully saturated rings. The van der Waals surface area contributed by atoms with Gasteiger partial charge in [0, 0.05) is 94.2 Å². The van der Waals surface area contributed by atoms with Gasteiger partial charge in [-0.05, 0) is 91.2 Å². The van der Waals surface area contributed by atoms with Crippen molar-refractivity contribution in [1.82, 2.24) is 44.3 Å². The number of piperazine rings is 2. The first-order valence-electron chi connectivity index (χ1n) is 25.4. The number of likely N-dealkylation sites (tertiary alicyclic amines) is 1. The zero-order valence-electron chi connectivity index (χ0n) is 41.6. The Morgan fingerprint density at radius 3 is 2.40 bits per heavy atom.